The Balaban J connectivity index is 2.39. The minimum atomic E-state index is -1.12. The van der Waals surface area contributed by atoms with Crippen LogP contribution in [-0.2, 0) is 25.7 Å². The van der Waals surface area contributed by atoms with Crippen LogP contribution in [0, 0.1) is 13.8 Å². The van der Waals surface area contributed by atoms with Crippen molar-refractivity contribution in [3.05, 3.63) is 70.8 Å². The molecule has 0 fully saturated rings. The Labute approximate surface area is 218 Å². The lowest BCUT2D eigenvalue weighted by Crippen LogP contribution is -2.52. The minimum absolute atomic E-state index is 0.0388. The molecule has 0 heterocycles. The summed E-state index contributed by atoms with van der Waals surface area (Å²) in [6.45, 7) is 9.14. The molecule has 0 aliphatic heterocycles. The predicted molar refractivity (Wildman–Crippen MR) is 141 cm³/mol. The third-order valence-electron chi connectivity index (χ3n) is 5.78. The number of nitrogens with two attached hydrogens (primary N) is 1. The third-order valence-corrected chi connectivity index (χ3v) is 5.78. The molecule has 9 nitrogen and oxygen atoms in total. The van der Waals surface area contributed by atoms with Crippen LogP contribution in [-0.4, -0.2) is 47.4 Å². The van der Waals surface area contributed by atoms with Gasteiger partial charge in [-0.1, -0.05) is 48.5 Å². The fraction of sp³-hybridized carbons (Fsp3) is 0.429. The Morgan fingerprint density at radius 3 is 2.11 bits per heavy atom. The SMILES string of the molecule is Cc1cccc(C)c1C(C(=O)NCc1ccccc1)N(C)C(=O)C(CCC(N)=O)NC(=O)OC(C)(C)C. The topological polar surface area (TPSA) is 131 Å². The van der Waals surface area contributed by atoms with Gasteiger partial charge in [0.05, 0.1) is 0 Å². The molecule has 0 aliphatic carbocycles. The highest BCUT2D eigenvalue weighted by Gasteiger charge is 2.35. The van der Waals surface area contributed by atoms with Crippen LogP contribution in [0.5, 0.6) is 0 Å². The highest BCUT2D eigenvalue weighted by atomic mass is 16.6. The van der Waals surface area contributed by atoms with E-state index in [1.165, 1.54) is 11.9 Å². The van der Waals surface area contributed by atoms with Gasteiger partial charge in [-0.25, -0.2) is 4.79 Å². The van der Waals surface area contributed by atoms with Gasteiger partial charge in [0.25, 0.3) is 0 Å². The largest absolute Gasteiger partial charge is 0.444 e. The number of rotatable bonds is 10. The maximum atomic E-state index is 13.7. The second-order valence-corrected chi connectivity index (χ2v) is 10.1. The fourth-order valence-corrected chi connectivity index (χ4v) is 4.01. The summed E-state index contributed by atoms with van der Waals surface area (Å²) in [6.07, 6.45) is -0.974. The van der Waals surface area contributed by atoms with E-state index in [1.54, 1.807) is 20.8 Å². The monoisotopic (exact) mass is 510 g/mol. The molecule has 0 aliphatic rings. The van der Waals surface area contributed by atoms with Crippen LogP contribution < -0.4 is 16.4 Å². The van der Waals surface area contributed by atoms with Gasteiger partial charge in [0.1, 0.15) is 17.7 Å². The lowest BCUT2D eigenvalue weighted by Gasteiger charge is -2.33. The first-order valence-electron chi connectivity index (χ1n) is 12.2. The third kappa shape index (κ3) is 8.93. The Bertz CT molecular complexity index is 1090. The van der Waals surface area contributed by atoms with E-state index in [4.69, 9.17) is 10.5 Å². The van der Waals surface area contributed by atoms with Gasteiger partial charge in [0.15, 0.2) is 0 Å². The number of aryl methyl sites for hydroxylation is 2. The second kappa shape index (κ2) is 12.9. The second-order valence-electron chi connectivity index (χ2n) is 10.1. The van der Waals surface area contributed by atoms with E-state index in [-0.39, 0.29) is 25.3 Å². The molecule has 2 aromatic carbocycles. The zero-order chi connectivity index (χ0) is 27.8. The van der Waals surface area contributed by atoms with Crippen molar-refractivity contribution in [2.45, 2.75) is 71.7 Å². The molecular formula is C28H38N4O5. The smallest absolute Gasteiger partial charge is 0.408 e. The number of carbonyl (C=O) groups is 4. The van der Waals surface area contributed by atoms with Gasteiger partial charge in [-0.05, 0) is 63.3 Å². The summed E-state index contributed by atoms with van der Waals surface area (Å²) >= 11 is 0. The number of likely N-dealkylation sites (N-methyl/N-ethyl adjacent to an activating group) is 1. The summed E-state index contributed by atoms with van der Waals surface area (Å²) in [5.41, 5.74) is 7.81. The maximum Gasteiger partial charge on any atom is 0.408 e. The maximum absolute atomic E-state index is 13.7. The van der Waals surface area contributed by atoms with Crippen molar-refractivity contribution in [1.82, 2.24) is 15.5 Å². The molecule has 2 rings (SSSR count). The molecule has 0 aromatic heterocycles. The Kier molecular flexibility index (Phi) is 10.2. The average Bonchev–Trinajstić information content (AvgIpc) is 2.81. The zero-order valence-corrected chi connectivity index (χ0v) is 22.5. The van der Waals surface area contributed by atoms with E-state index in [2.05, 4.69) is 10.6 Å². The first-order valence-corrected chi connectivity index (χ1v) is 12.2. The number of hydrogen-bond acceptors (Lipinski definition) is 5. The Morgan fingerprint density at radius 1 is 0.973 bits per heavy atom. The molecule has 4 amide bonds. The van der Waals surface area contributed by atoms with E-state index in [0.717, 1.165) is 16.7 Å². The summed E-state index contributed by atoms with van der Waals surface area (Å²) in [4.78, 5) is 52.5. The Morgan fingerprint density at radius 2 is 1.57 bits per heavy atom. The number of nitrogens with one attached hydrogen (secondary N) is 2. The lowest BCUT2D eigenvalue weighted by molar-refractivity contribution is -0.141. The normalized spacial score (nSPS) is 12.7. The average molecular weight is 511 g/mol. The van der Waals surface area contributed by atoms with Crippen molar-refractivity contribution in [2.75, 3.05) is 7.05 Å². The highest BCUT2D eigenvalue weighted by molar-refractivity contribution is 5.92. The van der Waals surface area contributed by atoms with E-state index < -0.39 is 35.6 Å². The number of alkyl carbamates (subject to hydrolysis) is 1. The molecule has 37 heavy (non-hydrogen) atoms. The quantitative estimate of drug-likeness (QED) is 0.452. The molecule has 0 saturated carbocycles. The summed E-state index contributed by atoms with van der Waals surface area (Å²) in [5.74, 6) is -1.53. The summed E-state index contributed by atoms with van der Waals surface area (Å²) in [7, 11) is 1.51. The summed E-state index contributed by atoms with van der Waals surface area (Å²) in [6, 6.07) is 13.0. The molecule has 200 valence electrons. The number of ether oxygens (including phenoxy) is 1. The summed E-state index contributed by atoms with van der Waals surface area (Å²) < 4.78 is 5.31. The Hall–Kier alpha value is -3.88. The first kappa shape index (κ1) is 29.4. The van der Waals surface area contributed by atoms with Crippen LogP contribution in [0.1, 0.15) is 61.9 Å². The minimum Gasteiger partial charge on any atom is -0.444 e. The van der Waals surface area contributed by atoms with Gasteiger partial charge in [0, 0.05) is 20.0 Å². The molecule has 0 spiro atoms. The lowest BCUT2D eigenvalue weighted by atomic mass is 9.93. The molecule has 2 atom stereocenters. The number of benzene rings is 2. The van der Waals surface area contributed by atoms with Gasteiger partial charge in [0.2, 0.25) is 17.7 Å². The molecule has 4 N–H and O–H groups in total. The van der Waals surface area contributed by atoms with Crippen molar-refractivity contribution in [1.29, 1.82) is 0 Å². The molecule has 0 radical (unpaired) electrons. The van der Waals surface area contributed by atoms with Crippen molar-refractivity contribution >= 4 is 23.8 Å². The van der Waals surface area contributed by atoms with Crippen molar-refractivity contribution in [3.8, 4) is 0 Å². The molecule has 9 heteroatoms. The van der Waals surface area contributed by atoms with E-state index >= 15 is 0 Å². The zero-order valence-electron chi connectivity index (χ0n) is 22.5. The number of hydrogen-bond donors (Lipinski definition) is 3. The van der Waals surface area contributed by atoms with Crippen LogP contribution in [0.4, 0.5) is 4.79 Å². The van der Waals surface area contributed by atoms with E-state index in [0.29, 0.717) is 5.56 Å². The van der Waals surface area contributed by atoms with E-state index in [9.17, 15) is 19.2 Å². The van der Waals surface area contributed by atoms with Crippen LogP contribution in [0.15, 0.2) is 48.5 Å². The van der Waals surface area contributed by atoms with Gasteiger partial charge < -0.3 is 26.0 Å². The number of nitrogens with zero attached hydrogens (tertiary/aromatic N) is 1. The molecule has 0 saturated heterocycles. The standard InChI is InChI=1S/C28H38N4O5/c1-18-11-10-12-19(2)23(18)24(25(34)30-17-20-13-8-7-9-14-20)32(6)26(35)21(15-16-22(29)33)31-27(36)37-28(3,4)5/h7-14,21,24H,15-17H2,1-6H3,(H2,29,33)(H,30,34)(H,31,36). The van der Waals surface area contributed by atoms with Gasteiger partial charge in [-0.3, -0.25) is 14.4 Å². The number of amides is 4. The van der Waals surface area contributed by atoms with Crippen molar-refractivity contribution < 1.29 is 23.9 Å². The van der Waals surface area contributed by atoms with Crippen LogP contribution >= 0.6 is 0 Å². The first-order chi connectivity index (χ1) is 17.3. The number of carbonyl (C=O) groups excluding carboxylic acids is 4. The molecule has 0 bridgehead atoms. The van der Waals surface area contributed by atoms with Crippen LogP contribution in [0.3, 0.4) is 0 Å². The van der Waals surface area contributed by atoms with Gasteiger partial charge >= 0.3 is 6.09 Å². The molecule has 2 aromatic rings. The summed E-state index contributed by atoms with van der Waals surface area (Å²) in [5, 5.41) is 5.48. The highest BCUT2D eigenvalue weighted by Crippen LogP contribution is 2.28. The molecular weight excluding hydrogens is 472 g/mol. The number of primary amides is 1. The molecule has 2 unspecified atom stereocenters. The predicted octanol–water partition coefficient (Wildman–Crippen LogP) is 3.28. The van der Waals surface area contributed by atoms with Gasteiger partial charge in [-0.15, -0.1) is 0 Å². The van der Waals surface area contributed by atoms with Crippen LogP contribution in [0.25, 0.3) is 0 Å². The van der Waals surface area contributed by atoms with Crippen molar-refractivity contribution in [2.24, 2.45) is 5.73 Å². The van der Waals surface area contributed by atoms with Crippen molar-refractivity contribution in [3.63, 3.8) is 0 Å². The van der Waals surface area contributed by atoms with E-state index in [1.807, 2.05) is 62.4 Å². The fourth-order valence-electron chi connectivity index (χ4n) is 4.01. The van der Waals surface area contributed by atoms with Crippen LogP contribution in [0.2, 0.25) is 0 Å². The van der Waals surface area contributed by atoms with Gasteiger partial charge in [-0.2, -0.15) is 0 Å².